The fourth-order valence-corrected chi connectivity index (χ4v) is 8.16. The monoisotopic (exact) mass is 883 g/mol. The largest absolute Gasteiger partial charge is 0.370 e. The quantitative estimate of drug-likeness (QED) is 0.124. The number of nitrogens with one attached hydrogen (secondary N) is 6. The summed E-state index contributed by atoms with van der Waals surface area (Å²) in [6, 6.07) is -1.06. The molecule has 12 N–H and O–H groups in total. The highest BCUT2D eigenvalue weighted by molar-refractivity contribution is 5.99. The maximum atomic E-state index is 14.9. The second-order valence-corrected chi connectivity index (χ2v) is 16.7. The van der Waals surface area contributed by atoms with Crippen molar-refractivity contribution in [3.63, 3.8) is 0 Å². The second kappa shape index (κ2) is 21.0. The van der Waals surface area contributed by atoms with Crippen LogP contribution in [0.15, 0.2) is 54.9 Å². The number of carbonyl (C=O) groups excluding carboxylic acids is 8. The smallest absolute Gasteiger partial charge is 0.246 e. The molecule has 4 heterocycles. The molecule has 64 heavy (non-hydrogen) atoms. The molecule has 2 aliphatic heterocycles. The van der Waals surface area contributed by atoms with Crippen molar-refractivity contribution in [3.8, 4) is 0 Å². The summed E-state index contributed by atoms with van der Waals surface area (Å²) in [6.07, 6.45) is 10.0. The summed E-state index contributed by atoms with van der Waals surface area (Å²) >= 11 is 0. The van der Waals surface area contributed by atoms with Crippen LogP contribution in [0.1, 0.15) is 82.5 Å². The van der Waals surface area contributed by atoms with E-state index in [0.717, 1.165) is 16.5 Å². The molecule has 3 aromatic rings. The molecule has 0 saturated carbocycles. The van der Waals surface area contributed by atoms with Crippen LogP contribution in [-0.4, -0.2) is 121 Å². The first kappa shape index (κ1) is 46.6. The van der Waals surface area contributed by atoms with Crippen molar-refractivity contribution in [1.29, 1.82) is 0 Å². The summed E-state index contributed by atoms with van der Waals surface area (Å²) in [5.41, 5.74) is 20.3. The number of hydrogen-bond donors (Lipinski definition) is 9. The summed E-state index contributed by atoms with van der Waals surface area (Å²) in [6.45, 7) is 3.60. The highest BCUT2D eigenvalue weighted by Gasteiger charge is 2.45. The fraction of sp³-hybridized carbons (Fsp3) is 0.488. The molecule has 1 aromatic carbocycles. The van der Waals surface area contributed by atoms with Crippen molar-refractivity contribution in [2.45, 2.75) is 114 Å². The van der Waals surface area contributed by atoms with Crippen LogP contribution in [0.4, 0.5) is 0 Å². The van der Waals surface area contributed by atoms with Crippen molar-refractivity contribution >= 4 is 63.7 Å². The molecule has 8 atom stereocenters. The summed E-state index contributed by atoms with van der Waals surface area (Å²) in [4.78, 5) is 113. The minimum atomic E-state index is -1.57. The Morgan fingerprint density at radius 2 is 1.69 bits per heavy atom. The predicted molar refractivity (Wildman–Crippen MR) is 233 cm³/mol. The lowest BCUT2D eigenvalue weighted by Gasteiger charge is -2.33. The Hall–Kier alpha value is -6.90. The third kappa shape index (κ3) is 11.4. The van der Waals surface area contributed by atoms with Gasteiger partial charge in [0.2, 0.25) is 47.3 Å². The Morgan fingerprint density at radius 1 is 0.938 bits per heavy atom. The van der Waals surface area contributed by atoms with Gasteiger partial charge in [0.25, 0.3) is 0 Å². The van der Waals surface area contributed by atoms with Gasteiger partial charge in [-0.25, -0.2) is 4.68 Å². The van der Waals surface area contributed by atoms with Gasteiger partial charge in [0.05, 0.1) is 31.1 Å². The maximum Gasteiger partial charge on any atom is 0.246 e. The Morgan fingerprint density at radius 3 is 2.41 bits per heavy atom. The van der Waals surface area contributed by atoms with Gasteiger partial charge in [0.1, 0.15) is 35.9 Å². The molecule has 2 aromatic heterocycles. The Balaban J connectivity index is 1.38. The summed E-state index contributed by atoms with van der Waals surface area (Å²) in [5, 5.41) is 22.9. The van der Waals surface area contributed by atoms with Gasteiger partial charge in [-0.2, -0.15) is 0 Å². The molecule has 3 aliphatic rings. The summed E-state index contributed by atoms with van der Waals surface area (Å²) < 4.78 is 1.59. The van der Waals surface area contributed by atoms with E-state index in [-0.39, 0.29) is 32.4 Å². The third-order valence-corrected chi connectivity index (χ3v) is 12.0. The first-order valence-electron chi connectivity index (χ1n) is 21.6. The number of aromatic amines is 1. The normalized spacial score (nSPS) is 26.3. The molecule has 2 saturated heterocycles. The van der Waals surface area contributed by atoms with Crippen LogP contribution in [0.3, 0.4) is 0 Å². The number of para-hydroxylation sites is 1. The molecule has 0 radical (unpaired) electrons. The van der Waals surface area contributed by atoms with Gasteiger partial charge in [-0.15, -0.1) is 5.10 Å². The molecule has 8 amide bonds. The number of amides is 8. The van der Waals surface area contributed by atoms with Crippen LogP contribution in [-0.2, 0) is 44.8 Å². The van der Waals surface area contributed by atoms with E-state index in [0.29, 0.717) is 36.9 Å². The van der Waals surface area contributed by atoms with Crippen molar-refractivity contribution in [1.82, 2.24) is 51.5 Å². The average Bonchev–Trinajstić information content (AvgIpc) is 4.10. The highest BCUT2D eigenvalue weighted by Crippen LogP contribution is 2.31. The maximum absolute atomic E-state index is 14.9. The number of nitrogens with two attached hydrogens (primary N) is 3. The Bertz CT molecular complexity index is 2320. The molecule has 342 valence electrons. The molecular weight excluding hydrogens is 827 g/mol. The first-order chi connectivity index (χ1) is 30.6. The van der Waals surface area contributed by atoms with E-state index in [2.05, 4.69) is 41.9 Å². The minimum absolute atomic E-state index is 0.0144. The molecule has 0 spiro atoms. The van der Waals surface area contributed by atoms with E-state index in [9.17, 15) is 38.4 Å². The van der Waals surface area contributed by atoms with Crippen LogP contribution in [0.25, 0.3) is 16.5 Å². The number of H-pyrrole nitrogens is 1. The van der Waals surface area contributed by atoms with E-state index < -0.39 is 108 Å². The average molecular weight is 884 g/mol. The predicted octanol–water partition coefficient (Wildman–Crippen LogP) is -1.15. The molecule has 0 bridgehead atoms. The van der Waals surface area contributed by atoms with Crippen LogP contribution >= 0.6 is 0 Å². The number of allylic oxidation sites excluding steroid dienone is 4. The van der Waals surface area contributed by atoms with Crippen molar-refractivity contribution in [2.75, 3.05) is 13.1 Å². The number of hydrogen-bond acceptors (Lipinski definition) is 11. The van der Waals surface area contributed by atoms with Gasteiger partial charge < -0.3 is 53.7 Å². The number of aromatic nitrogens is 4. The lowest BCUT2D eigenvalue weighted by atomic mass is 9.96. The highest BCUT2D eigenvalue weighted by atomic mass is 16.2. The molecule has 6 rings (SSSR count). The molecule has 2 fully saturated rings. The van der Waals surface area contributed by atoms with Gasteiger partial charge in [-0.3, -0.25) is 38.4 Å². The molecule has 21 nitrogen and oxygen atoms in total. The summed E-state index contributed by atoms with van der Waals surface area (Å²) in [5.74, 6) is -6.75. The molecular formula is C43H57N13O8. The standard InChI is InChI=1S/C43H57N13O8/c1-3-23(2)37-43(64)55-21-26(56-22-33(53-54-56)24-10-4-5-11-24)17-34(55)42(63)51-31(16-25-20-48-29-13-7-6-12-27(25)29)40(61)49-30(38(46)59)14-8-9-15-47-36(58)18-28(44)39(60)50-32(19-35(45)57)41(62)52-37/h4-7,10,12-13,20,22-23,26,28,30-32,34,37,48H,3,8-9,11,14-19,21,44H2,1-2H3,(H2,45,57)(H2,46,59)(H,47,58)(H,49,61)(H,50,60)(H,51,63)(H,52,62)/t23-,26-,28+,30-,31-,32-,34-,37-/m0/s1. The minimum Gasteiger partial charge on any atom is -0.370 e. The Labute approximate surface area is 369 Å². The fourth-order valence-electron chi connectivity index (χ4n) is 8.16. The van der Waals surface area contributed by atoms with E-state index in [1.54, 1.807) is 30.9 Å². The van der Waals surface area contributed by atoms with Crippen LogP contribution in [0.2, 0.25) is 0 Å². The number of primary amides is 2. The van der Waals surface area contributed by atoms with E-state index in [4.69, 9.17) is 17.2 Å². The van der Waals surface area contributed by atoms with Gasteiger partial charge in [0, 0.05) is 43.0 Å². The Kier molecular flexibility index (Phi) is 15.3. The third-order valence-electron chi connectivity index (χ3n) is 12.0. The molecule has 1 aliphatic carbocycles. The summed E-state index contributed by atoms with van der Waals surface area (Å²) in [7, 11) is 0. The van der Waals surface area contributed by atoms with Crippen molar-refractivity contribution < 1.29 is 38.4 Å². The zero-order chi connectivity index (χ0) is 46.1. The molecule has 21 heteroatoms. The van der Waals surface area contributed by atoms with Crippen molar-refractivity contribution in [2.24, 2.45) is 23.1 Å². The van der Waals surface area contributed by atoms with E-state index in [1.165, 1.54) is 4.90 Å². The zero-order valence-electron chi connectivity index (χ0n) is 35.9. The van der Waals surface area contributed by atoms with Gasteiger partial charge in [-0.1, -0.05) is 61.9 Å². The van der Waals surface area contributed by atoms with Crippen LogP contribution < -0.4 is 43.8 Å². The van der Waals surface area contributed by atoms with E-state index >= 15 is 0 Å². The number of benzene rings is 1. The lowest BCUT2D eigenvalue weighted by molar-refractivity contribution is -0.143. The van der Waals surface area contributed by atoms with E-state index in [1.807, 2.05) is 42.5 Å². The van der Waals surface area contributed by atoms with Crippen LogP contribution in [0.5, 0.6) is 0 Å². The SMILES string of the molecule is CC[C@H](C)[C@@H]1NC(=O)[C@H](CC(N)=O)NC(=O)[C@H](N)CC(=O)NCCCC[C@@H](C(N)=O)NC(=O)[C@H](Cc2c[nH]c3ccccc23)NC(=O)[C@@H]2C[C@H](n3cc(C4=CC=CC4)nn3)CN2C1=O. The van der Waals surface area contributed by atoms with Gasteiger partial charge in [0.15, 0.2) is 0 Å². The van der Waals surface area contributed by atoms with Crippen LogP contribution in [0, 0.1) is 5.92 Å². The zero-order valence-corrected chi connectivity index (χ0v) is 35.9. The molecule has 0 unspecified atom stereocenters. The lowest BCUT2D eigenvalue weighted by Crippen LogP contribution is -2.60. The second-order valence-electron chi connectivity index (χ2n) is 16.7. The van der Waals surface area contributed by atoms with Gasteiger partial charge in [-0.05, 0) is 48.8 Å². The number of fused-ring (bicyclic) bond motifs is 2. The number of nitrogens with zero attached hydrogens (tertiary/aromatic N) is 4. The number of carbonyl (C=O) groups is 8. The topological polar surface area (TPSA) is 325 Å². The van der Waals surface area contributed by atoms with Crippen molar-refractivity contribution in [3.05, 3.63) is 66.1 Å². The number of rotatable bonds is 9. The first-order valence-corrected chi connectivity index (χ1v) is 21.6. The van der Waals surface area contributed by atoms with Gasteiger partial charge >= 0.3 is 0 Å².